The summed E-state index contributed by atoms with van der Waals surface area (Å²) in [4.78, 5) is 29.1. The molecule has 8 heteroatoms. The molecule has 0 saturated carbocycles. The van der Waals surface area contributed by atoms with E-state index in [1.165, 1.54) is 4.90 Å². The molecule has 0 radical (unpaired) electrons. The standard InChI is InChI=1S/C16H20F3N3O2/c1-20(2)10-14(23)21-5-7-22(8-6-21)16(24)12-9-11(15(18)19)3-4-13(12)17/h3-4,9,15H,5-8,10H2,1-2H3. The van der Waals surface area contributed by atoms with Gasteiger partial charge >= 0.3 is 0 Å². The van der Waals surface area contributed by atoms with Crippen LogP contribution in [0.5, 0.6) is 0 Å². The zero-order chi connectivity index (χ0) is 17.9. The Hall–Kier alpha value is -2.09. The first kappa shape index (κ1) is 18.3. The highest BCUT2D eigenvalue weighted by Crippen LogP contribution is 2.22. The Labute approximate surface area is 138 Å². The second-order valence-electron chi connectivity index (χ2n) is 5.95. The molecule has 24 heavy (non-hydrogen) atoms. The zero-order valence-electron chi connectivity index (χ0n) is 13.6. The monoisotopic (exact) mass is 343 g/mol. The van der Waals surface area contributed by atoms with Crippen molar-refractivity contribution in [3.8, 4) is 0 Å². The fourth-order valence-electron chi connectivity index (χ4n) is 2.54. The van der Waals surface area contributed by atoms with E-state index in [-0.39, 0.29) is 36.7 Å². The molecule has 132 valence electrons. The molecular formula is C16H20F3N3O2. The highest BCUT2D eigenvalue weighted by atomic mass is 19.3. The summed E-state index contributed by atoms with van der Waals surface area (Å²) < 4.78 is 39.3. The van der Waals surface area contributed by atoms with Crippen LogP contribution >= 0.6 is 0 Å². The Morgan fingerprint density at radius 3 is 2.25 bits per heavy atom. The lowest BCUT2D eigenvalue weighted by Gasteiger charge is -2.35. The van der Waals surface area contributed by atoms with Gasteiger partial charge in [0.2, 0.25) is 5.91 Å². The van der Waals surface area contributed by atoms with E-state index in [4.69, 9.17) is 0 Å². The molecule has 5 nitrogen and oxygen atoms in total. The molecule has 1 aliphatic rings. The van der Waals surface area contributed by atoms with Crippen LogP contribution in [-0.4, -0.2) is 73.3 Å². The number of halogens is 3. The summed E-state index contributed by atoms with van der Waals surface area (Å²) in [5.74, 6) is -1.50. The Kier molecular flexibility index (Phi) is 5.82. The number of piperazine rings is 1. The highest BCUT2D eigenvalue weighted by molar-refractivity contribution is 5.95. The lowest BCUT2D eigenvalue weighted by Crippen LogP contribution is -2.52. The highest BCUT2D eigenvalue weighted by Gasteiger charge is 2.27. The third-order valence-electron chi connectivity index (χ3n) is 3.84. The van der Waals surface area contributed by atoms with Gasteiger partial charge < -0.3 is 14.7 Å². The van der Waals surface area contributed by atoms with E-state index in [0.29, 0.717) is 13.1 Å². The smallest absolute Gasteiger partial charge is 0.263 e. The summed E-state index contributed by atoms with van der Waals surface area (Å²) in [6, 6.07) is 2.74. The molecule has 1 aromatic carbocycles. The summed E-state index contributed by atoms with van der Waals surface area (Å²) in [5.41, 5.74) is -0.750. The lowest BCUT2D eigenvalue weighted by molar-refractivity contribution is -0.133. The summed E-state index contributed by atoms with van der Waals surface area (Å²) >= 11 is 0. The van der Waals surface area contributed by atoms with Crippen molar-refractivity contribution in [1.29, 1.82) is 0 Å². The Morgan fingerprint density at radius 2 is 1.71 bits per heavy atom. The molecule has 1 heterocycles. The number of benzene rings is 1. The van der Waals surface area contributed by atoms with E-state index in [2.05, 4.69) is 0 Å². The topological polar surface area (TPSA) is 43.9 Å². The van der Waals surface area contributed by atoms with E-state index >= 15 is 0 Å². The molecule has 1 aromatic rings. The fourth-order valence-corrected chi connectivity index (χ4v) is 2.54. The van der Waals surface area contributed by atoms with Gasteiger partial charge in [0.05, 0.1) is 12.1 Å². The molecule has 1 fully saturated rings. The van der Waals surface area contributed by atoms with Crippen molar-refractivity contribution in [2.45, 2.75) is 6.43 Å². The maximum atomic E-state index is 13.8. The second kappa shape index (κ2) is 7.65. The molecule has 2 rings (SSSR count). The van der Waals surface area contributed by atoms with Gasteiger partial charge in [-0.3, -0.25) is 9.59 Å². The lowest BCUT2D eigenvalue weighted by atomic mass is 10.1. The number of rotatable bonds is 4. The van der Waals surface area contributed by atoms with E-state index in [1.54, 1.807) is 23.9 Å². The van der Waals surface area contributed by atoms with Crippen molar-refractivity contribution >= 4 is 11.8 Å². The molecule has 0 aromatic heterocycles. The van der Waals surface area contributed by atoms with Gasteiger partial charge in [0.15, 0.2) is 0 Å². The van der Waals surface area contributed by atoms with Gasteiger partial charge in [-0.25, -0.2) is 13.2 Å². The zero-order valence-corrected chi connectivity index (χ0v) is 13.6. The van der Waals surface area contributed by atoms with E-state index in [1.807, 2.05) is 0 Å². The van der Waals surface area contributed by atoms with Gasteiger partial charge in [0.25, 0.3) is 12.3 Å². The normalized spacial score (nSPS) is 15.3. The Morgan fingerprint density at radius 1 is 1.12 bits per heavy atom. The van der Waals surface area contributed by atoms with Crippen LogP contribution in [0, 0.1) is 5.82 Å². The Bertz CT molecular complexity index is 615. The predicted molar refractivity (Wildman–Crippen MR) is 82.4 cm³/mol. The Balaban J connectivity index is 2.03. The summed E-state index contributed by atoms with van der Waals surface area (Å²) in [7, 11) is 3.58. The van der Waals surface area contributed by atoms with Gasteiger partial charge in [-0.05, 0) is 26.2 Å². The molecule has 0 unspecified atom stereocenters. The quantitative estimate of drug-likeness (QED) is 0.834. The van der Waals surface area contributed by atoms with Crippen molar-refractivity contribution in [1.82, 2.24) is 14.7 Å². The van der Waals surface area contributed by atoms with Crippen LogP contribution in [0.15, 0.2) is 18.2 Å². The predicted octanol–water partition coefficient (Wildman–Crippen LogP) is 1.61. The molecular weight excluding hydrogens is 323 g/mol. The van der Waals surface area contributed by atoms with E-state index in [9.17, 15) is 22.8 Å². The number of hydrogen-bond donors (Lipinski definition) is 0. The van der Waals surface area contributed by atoms with E-state index < -0.39 is 18.1 Å². The average molecular weight is 343 g/mol. The molecule has 0 bridgehead atoms. The molecule has 0 atom stereocenters. The number of hydrogen-bond acceptors (Lipinski definition) is 3. The minimum absolute atomic E-state index is 0.0435. The fraction of sp³-hybridized carbons (Fsp3) is 0.500. The van der Waals surface area contributed by atoms with Crippen LogP contribution in [0.1, 0.15) is 22.3 Å². The van der Waals surface area contributed by atoms with Crippen LogP contribution < -0.4 is 0 Å². The number of alkyl halides is 2. The summed E-state index contributed by atoms with van der Waals surface area (Å²) in [6.45, 7) is 1.45. The summed E-state index contributed by atoms with van der Waals surface area (Å²) in [6.07, 6.45) is -2.77. The van der Waals surface area contributed by atoms with Crippen molar-refractivity contribution in [2.24, 2.45) is 0 Å². The molecule has 1 aliphatic heterocycles. The minimum atomic E-state index is -2.77. The van der Waals surface area contributed by atoms with Gasteiger partial charge in [-0.15, -0.1) is 0 Å². The van der Waals surface area contributed by atoms with Crippen LogP contribution in [0.4, 0.5) is 13.2 Å². The van der Waals surface area contributed by atoms with Crippen molar-refractivity contribution in [2.75, 3.05) is 46.8 Å². The van der Waals surface area contributed by atoms with Crippen LogP contribution in [0.2, 0.25) is 0 Å². The third kappa shape index (κ3) is 4.25. The number of likely N-dealkylation sites (N-methyl/N-ethyl adjacent to an activating group) is 1. The molecule has 2 amide bonds. The SMILES string of the molecule is CN(C)CC(=O)N1CCN(C(=O)c2cc(C(F)F)ccc2F)CC1. The van der Waals surface area contributed by atoms with Crippen molar-refractivity contribution in [3.05, 3.63) is 35.1 Å². The number of carbonyl (C=O) groups is 2. The van der Waals surface area contributed by atoms with Gasteiger partial charge in [0, 0.05) is 31.7 Å². The third-order valence-corrected chi connectivity index (χ3v) is 3.84. The van der Waals surface area contributed by atoms with Crippen LogP contribution in [0.3, 0.4) is 0 Å². The summed E-state index contributed by atoms with van der Waals surface area (Å²) in [5, 5.41) is 0. The first-order valence-corrected chi connectivity index (χ1v) is 7.59. The average Bonchev–Trinajstić information content (AvgIpc) is 2.54. The second-order valence-corrected chi connectivity index (χ2v) is 5.95. The van der Waals surface area contributed by atoms with Crippen molar-refractivity contribution < 1.29 is 22.8 Å². The van der Waals surface area contributed by atoms with Gasteiger partial charge in [-0.2, -0.15) is 0 Å². The minimum Gasteiger partial charge on any atom is -0.338 e. The molecule has 0 aliphatic carbocycles. The van der Waals surface area contributed by atoms with Crippen LogP contribution in [-0.2, 0) is 4.79 Å². The van der Waals surface area contributed by atoms with Crippen LogP contribution in [0.25, 0.3) is 0 Å². The van der Waals surface area contributed by atoms with Gasteiger partial charge in [-0.1, -0.05) is 6.07 Å². The maximum absolute atomic E-state index is 13.8. The van der Waals surface area contributed by atoms with E-state index in [0.717, 1.165) is 18.2 Å². The largest absolute Gasteiger partial charge is 0.338 e. The number of amides is 2. The molecule has 1 saturated heterocycles. The molecule has 0 spiro atoms. The molecule has 0 N–H and O–H groups in total. The number of nitrogens with zero attached hydrogens (tertiary/aromatic N) is 3. The first-order chi connectivity index (χ1) is 11.3. The maximum Gasteiger partial charge on any atom is 0.263 e. The van der Waals surface area contributed by atoms with Crippen molar-refractivity contribution in [3.63, 3.8) is 0 Å². The number of carbonyl (C=O) groups excluding carboxylic acids is 2. The van der Waals surface area contributed by atoms with Gasteiger partial charge in [0.1, 0.15) is 5.82 Å². The first-order valence-electron chi connectivity index (χ1n) is 7.59.